The van der Waals surface area contributed by atoms with Crippen molar-refractivity contribution in [2.45, 2.75) is 44.8 Å². The van der Waals surface area contributed by atoms with Gasteiger partial charge in [-0.3, -0.25) is 0 Å². The monoisotopic (exact) mass is 313 g/mol. The van der Waals surface area contributed by atoms with Crippen molar-refractivity contribution < 1.29 is 4.74 Å². The number of hydrogen-bond donors (Lipinski definition) is 1. The summed E-state index contributed by atoms with van der Waals surface area (Å²) >= 11 is 3.47. The lowest BCUT2D eigenvalue weighted by Gasteiger charge is -2.38. The summed E-state index contributed by atoms with van der Waals surface area (Å²) in [7, 11) is 3.83. The Hall–Kier alpha value is -0.380. The smallest absolute Gasteiger partial charge is 0.0828 e. The molecule has 18 heavy (non-hydrogen) atoms. The average Bonchev–Trinajstić information content (AvgIpc) is 2.42. The lowest BCUT2D eigenvalue weighted by Crippen LogP contribution is -2.51. The van der Waals surface area contributed by atoms with Crippen LogP contribution >= 0.6 is 15.9 Å². The van der Waals surface area contributed by atoms with Crippen LogP contribution in [0.25, 0.3) is 0 Å². The molecule has 0 aromatic heterocycles. The molecule has 1 aromatic carbocycles. The van der Waals surface area contributed by atoms with E-state index in [-0.39, 0.29) is 5.60 Å². The molecule has 0 heterocycles. The highest BCUT2D eigenvalue weighted by Gasteiger charge is 2.34. The Labute approximate surface area is 119 Å². The van der Waals surface area contributed by atoms with Crippen molar-refractivity contribution in [2.75, 3.05) is 14.2 Å². The van der Waals surface area contributed by atoms with Crippen molar-refractivity contribution >= 4 is 15.9 Å². The van der Waals surface area contributed by atoms with Crippen molar-refractivity contribution in [3.63, 3.8) is 0 Å². The molecule has 0 radical (unpaired) electrons. The van der Waals surface area contributed by atoms with Crippen LogP contribution in [0.2, 0.25) is 0 Å². The summed E-state index contributed by atoms with van der Waals surface area (Å²) in [6.07, 6.45) is 3.02. The normalized spacial score (nSPS) is 13.6. The van der Waals surface area contributed by atoms with Gasteiger partial charge in [0.15, 0.2) is 0 Å². The van der Waals surface area contributed by atoms with Gasteiger partial charge in [0.05, 0.1) is 5.60 Å². The molecule has 0 aliphatic carbocycles. The molecule has 2 nitrogen and oxygen atoms in total. The van der Waals surface area contributed by atoms with E-state index < -0.39 is 0 Å². The van der Waals surface area contributed by atoms with Crippen LogP contribution in [0.1, 0.15) is 32.3 Å². The number of rotatable bonds is 7. The summed E-state index contributed by atoms with van der Waals surface area (Å²) in [5.74, 6) is 0. The zero-order valence-electron chi connectivity index (χ0n) is 11.8. The summed E-state index contributed by atoms with van der Waals surface area (Å²) in [6, 6.07) is 8.85. The van der Waals surface area contributed by atoms with Crippen LogP contribution in [0.3, 0.4) is 0 Å². The number of methoxy groups -OCH3 is 1. The van der Waals surface area contributed by atoms with Gasteiger partial charge in [0, 0.05) is 17.6 Å². The maximum atomic E-state index is 5.81. The topological polar surface area (TPSA) is 21.3 Å². The van der Waals surface area contributed by atoms with E-state index in [2.05, 4.69) is 59.4 Å². The lowest BCUT2D eigenvalue weighted by atomic mass is 9.84. The molecule has 1 unspecified atom stereocenters. The van der Waals surface area contributed by atoms with Gasteiger partial charge in [-0.25, -0.2) is 0 Å². The van der Waals surface area contributed by atoms with E-state index in [9.17, 15) is 0 Å². The summed E-state index contributed by atoms with van der Waals surface area (Å²) in [5, 5.41) is 3.42. The third kappa shape index (κ3) is 3.56. The molecule has 1 aromatic rings. The lowest BCUT2D eigenvalue weighted by molar-refractivity contribution is -0.0454. The van der Waals surface area contributed by atoms with Crippen LogP contribution in [-0.4, -0.2) is 25.8 Å². The molecule has 0 spiro atoms. The summed E-state index contributed by atoms with van der Waals surface area (Å²) in [4.78, 5) is 0. The van der Waals surface area contributed by atoms with E-state index in [1.54, 1.807) is 0 Å². The molecular formula is C15H24BrNO. The molecule has 0 saturated carbocycles. The molecule has 0 amide bonds. The van der Waals surface area contributed by atoms with Crippen LogP contribution in [0.4, 0.5) is 0 Å². The molecule has 0 fully saturated rings. The second-order valence-corrected chi connectivity index (χ2v) is 5.56. The van der Waals surface area contributed by atoms with Gasteiger partial charge in [0.2, 0.25) is 0 Å². The minimum Gasteiger partial charge on any atom is -0.377 e. The minimum atomic E-state index is -0.0815. The Morgan fingerprint density at radius 2 is 1.78 bits per heavy atom. The van der Waals surface area contributed by atoms with Gasteiger partial charge < -0.3 is 10.1 Å². The average molecular weight is 314 g/mol. The van der Waals surface area contributed by atoms with Crippen LogP contribution < -0.4 is 5.32 Å². The number of nitrogens with one attached hydrogen (secondary N) is 1. The maximum Gasteiger partial charge on any atom is 0.0828 e. The highest BCUT2D eigenvalue weighted by Crippen LogP contribution is 2.26. The molecule has 0 saturated heterocycles. The molecule has 0 aliphatic heterocycles. The van der Waals surface area contributed by atoms with E-state index in [4.69, 9.17) is 4.74 Å². The number of halogens is 1. The van der Waals surface area contributed by atoms with Gasteiger partial charge in [-0.05, 0) is 44.0 Å². The fourth-order valence-corrected chi connectivity index (χ4v) is 2.85. The van der Waals surface area contributed by atoms with E-state index in [0.717, 1.165) is 23.7 Å². The third-order valence-electron chi connectivity index (χ3n) is 3.94. The number of hydrogen-bond acceptors (Lipinski definition) is 2. The first-order valence-electron chi connectivity index (χ1n) is 6.58. The van der Waals surface area contributed by atoms with Gasteiger partial charge >= 0.3 is 0 Å². The summed E-state index contributed by atoms with van der Waals surface area (Å²) in [6.45, 7) is 4.39. The van der Waals surface area contributed by atoms with Gasteiger partial charge in [-0.1, -0.05) is 41.9 Å². The van der Waals surface area contributed by atoms with Crippen molar-refractivity contribution in [3.05, 3.63) is 34.3 Å². The summed E-state index contributed by atoms with van der Waals surface area (Å²) in [5.41, 5.74) is 1.25. The Bertz CT molecular complexity index is 338. The van der Waals surface area contributed by atoms with Gasteiger partial charge in [0.1, 0.15) is 0 Å². The molecular weight excluding hydrogens is 290 g/mol. The second-order valence-electron chi connectivity index (χ2n) is 4.65. The minimum absolute atomic E-state index is 0.0815. The Kier molecular flexibility index (Phi) is 6.33. The fraction of sp³-hybridized carbons (Fsp3) is 0.600. The Balaban J connectivity index is 2.86. The first kappa shape index (κ1) is 15.7. The molecule has 1 atom stereocenters. The second kappa shape index (κ2) is 7.27. The van der Waals surface area contributed by atoms with E-state index in [1.165, 1.54) is 5.56 Å². The third-order valence-corrected chi connectivity index (χ3v) is 4.47. The van der Waals surface area contributed by atoms with Gasteiger partial charge in [-0.2, -0.15) is 0 Å². The molecule has 102 valence electrons. The number of likely N-dealkylation sites (N-methyl/N-ethyl adjacent to an activating group) is 1. The number of benzene rings is 1. The van der Waals surface area contributed by atoms with Crippen molar-refractivity contribution in [1.82, 2.24) is 5.32 Å². The number of ether oxygens (including phenoxy) is 1. The zero-order valence-corrected chi connectivity index (χ0v) is 13.4. The molecule has 3 heteroatoms. The fourth-order valence-electron chi connectivity index (χ4n) is 2.58. The molecule has 0 bridgehead atoms. The van der Waals surface area contributed by atoms with Crippen LogP contribution in [0.15, 0.2) is 28.7 Å². The zero-order chi connectivity index (χ0) is 13.6. The molecule has 1 rings (SSSR count). The van der Waals surface area contributed by atoms with Crippen LogP contribution in [0, 0.1) is 0 Å². The molecule has 1 N–H and O–H groups in total. The largest absolute Gasteiger partial charge is 0.377 e. The first-order valence-corrected chi connectivity index (χ1v) is 7.38. The predicted molar refractivity (Wildman–Crippen MR) is 81.0 cm³/mol. The van der Waals surface area contributed by atoms with Crippen molar-refractivity contribution in [2.24, 2.45) is 0 Å². The quantitative estimate of drug-likeness (QED) is 0.827. The highest BCUT2D eigenvalue weighted by atomic mass is 79.9. The summed E-state index contributed by atoms with van der Waals surface area (Å²) < 4.78 is 6.94. The van der Waals surface area contributed by atoms with E-state index >= 15 is 0 Å². The predicted octanol–water partition coefficient (Wildman–Crippen LogP) is 3.78. The maximum absolute atomic E-state index is 5.81. The van der Waals surface area contributed by atoms with Crippen molar-refractivity contribution in [1.29, 1.82) is 0 Å². The van der Waals surface area contributed by atoms with Gasteiger partial charge in [0.25, 0.3) is 0 Å². The van der Waals surface area contributed by atoms with E-state index in [0.29, 0.717) is 6.04 Å². The van der Waals surface area contributed by atoms with Crippen molar-refractivity contribution in [3.8, 4) is 0 Å². The SMILES string of the molecule is CCC(CC)(OC)C(Cc1ccc(Br)cc1)NC. The van der Waals surface area contributed by atoms with Gasteiger partial charge in [-0.15, -0.1) is 0 Å². The Morgan fingerprint density at radius 1 is 1.22 bits per heavy atom. The highest BCUT2D eigenvalue weighted by molar-refractivity contribution is 9.10. The first-order chi connectivity index (χ1) is 8.61. The standard InChI is InChI=1S/C15H24BrNO/c1-5-15(6-2,18-4)14(17-3)11-12-7-9-13(16)10-8-12/h7-10,14,17H,5-6,11H2,1-4H3. The Morgan fingerprint density at radius 3 is 2.17 bits per heavy atom. The van der Waals surface area contributed by atoms with E-state index in [1.807, 2.05) is 14.2 Å². The van der Waals surface area contributed by atoms with Crippen LogP contribution in [-0.2, 0) is 11.2 Å². The molecule has 0 aliphatic rings. The van der Waals surface area contributed by atoms with Crippen LogP contribution in [0.5, 0.6) is 0 Å².